The van der Waals surface area contributed by atoms with Crippen molar-refractivity contribution in [2.45, 2.75) is 26.9 Å². The van der Waals surface area contributed by atoms with Crippen molar-refractivity contribution in [1.29, 1.82) is 0 Å². The Morgan fingerprint density at radius 2 is 2.07 bits per heavy atom. The third-order valence-corrected chi connectivity index (χ3v) is 2.85. The van der Waals surface area contributed by atoms with Crippen LogP contribution in [0.5, 0.6) is 5.75 Å². The number of hydrogen-bond acceptors (Lipinski definition) is 2. The fourth-order valence-electron chi connectivity index (χ4n) is 0.942. The molecule has 0 amide bonds. The quantitative estimate of drug-likeness (QED) is 0.722. The molecule has 4 heteroatoms. The van der Waals surface area contributed by atoms with Crippen LogP contribution in [0.1, 0.15) is 19.4 Å². The highest BCUT2D eigenvalue weighted by Gasteiger charge is 2.10. The van der Waals surface area contributed by atoms with Crippen LogP contribution in [-0.4, -0.2) is 6.10 Å². The van der Waals surface area contributed by atoms with Gasteiger partial charge in [0, 0.05) is 0 Å². The van der Waals surface area contributed by atoms with Crippen LogP contribution in [-0.2, 0) is 4.52 Å². The normalized spacial score (nSPS) is 12.9. The maximum Gasteiger partial charge on any atom is 0.338 e. The molecule has 1 unspecified atom stereocenters. The van der Waals surface area contributed by atoms with E-state index >= 15 is 0 Å². The highest BCUT2D eigenvalue weighted by atomic mass is 35.7. The van der Waals surface area contributed by atoms with E-state index in [2.05, 4.69) is 0 Å². The number of halogens is 1. The van der Waals surface area contributed by atoms with Crippen molar-refractivity contribution in [3.05, 3.63) is 29.8 Å². The molecule has 0 fully saturated rings. The van der Waals surface area contributed by atoms with E-state index in [1.807, 2.05) is 45.0 Å². The molecule has 2 nitrogen and oxygen atoms in total. The van der Waals surface area contributed by atoms with Gasteiger partial charge in [-0.05, 0) is 49.7 Å². The Morgan fingerprint density at radius 1 is 1.36 bits per heavy atom. The molecule has 0 aliphatic rings. The first-order chi connectivity index (χ1) is 6.58. The Balaban J connectivity index is 2.51. The molecular formula is C10H14ClO2P. The second kappa shape index (κ2) is 5.55. The second-order valence-electron chi connectivity index (χ2n) is 3.27. The molecule has 0 radical (unpaired) electrons. The van der Waals surface area contributed by atoms with E-state index in [1.165, 1.54) is 0 Å². The molecule has 1 atom stereocenters. The van der Waals surface area contributed by atoms with Crippen LogP contribution >= 0.6 is 19.0 Å². The van der Waals surface area contributed by atoms with Crippen molar-refractivity contribution in [3.8, 4) is 5.75 Å². The van der Waals surface area contributed by atoms with E-state index in [0.29, 0.717) is 0 Å². The minimum Gasteiger partial charge on any atom is -0.436 e. The molecule has 78 valence electrons. The van der Waals surface area contributed by atoms with Crippen LogP contribution in [0.2, 0.25) is 0 Å². The van der Waals surface area contributed by atoms with Gasteiger partial charge in [0.1, 0.15) is 5.75 Å². The van der Waals surface area contributed by atoms with Crippen LogP contribution in [0.15, 0.2) is 24.3 Å². The van der Waals surface area contributed by atoms with E-state index in [4.69, 9.17) is 20.3 Å². The first-order valence-corrected chi connectivity index (χ1v) is 6.53. The van der Waals surface area contributed by atoms with Gasteiger partial charge < -0.3 is 9.05 Å². The van der Waals surface area contributed by atoms with Gasteiger partial charge in [0.05, 0.1) is 6.10 Å². The van der Waals surface area contributed by atoms with Crippen LogP contribution in [0.3, 0.4) is 0 Å². The molecule has 0 aliphatic carbocycles. The average molecular weight is 233 g/mol. The van der Waals surface area contributed by atoms with E-state index in [9.17, 15) is 0 Å². The fraction of sp³-hybridized carbons (Fsp3) is 0.400. The molecule has 1 aromatic carbocycles. The first kappa shape index (κ1) is 11.8. The lowest BCUT2D eigenvalue weighted by Gasteiger charge is -2.13. The summed E-state index contributed by atoms with van der Waals surface area (Å²) in [5.41, 5.74) is 1.15. The van der Waals surface area contributed by atoms with Gasteiger partial charge in [0.25, 0.3) is 0 Å². The lowest BCUT2D eigenvalue weighted by atomic mass is 10.2. The van der Waals surface area contributed by atoms with E-state index in [1.54, 1.807) is 0 Å². The first-order valence-electron chi connectivity index (χ1n) is 4.45. The summed E-state index contributed by atoms with van der Waals surface area (Å²) in [5.74, 6) is 0.756. The summed E-state index contributed by atoms with van der Waals surface area (Å²) >= 11 is 5.88. The van der Waals surface area contributed by atoms with Crippen LogP contribution in [0.4, 0.5) is 0 Å². The number of benzene rings is 1. The second-order valence-corrected chi connectivity index (χ2v) is 4.92. The lowest BCUT2D eigenvalue weighted by Crippen LogP contribution is -1.98. The van der Waals surface area contributed by atoms with Gasteiger partial charge in [0.15, 0.2) is 0 Å². The molecule has 0 saturated carbocycles. The molecule has 0 bridgehead atoms. The minimum atomic E-state index is -1.34. The summed E-state index contributed by atoms with van der Waals surface area (Å²) in [6.45, 7) is 5.86. The third kappa shape index (κ3) is 4.28. The maximum atomic E-state index is 5.88. The number of hydrogen-bond donors (Lipinski definition) is 0. The largest absolute Gasteiger partial charge is 0.436 e. The highest BCUT2D eigenvalue weighted by Crippen LogP contribution is 2.45. The number of aryl methyl sites for hydroxylation is 1. The zero-order valence-corrected chi connectivity index (χ0v) is 10.2. The maximum absolute atomic E-state index is 5.88. The van der Waals surface area contributed by atoms with Crippen LogP contribution in [0.25, 0.3) is 0 Å². The summed E-state index contributed by atoms with van der Waals surface area (Å²) in [4.78, 5) is 0. The molecular weight excluding hydrogens is 219 g/mol. The molecule has 0 aliphatic heterocycles. The van der Waals surface area contributed by atoms with Crippen LogP contribution in [0, 0.1) is 6.92 Å². The smallest absolute Gasteiger partial charge is 0.338 e. The van der Waals surface area contributed by atoms with Crippen molar-refractivity contribution >= 4 is 19.0 Å². The Labute approximate surface area is 90.9 Å². The molecule has 1 aromatic rings. The molecule has 0 spiro atoms. The Morgan fingerprint density at radius 3 is 2.64 bits per heavy atom. The predicted octanol–water partition coefficient (Wildman–Crippen LogP) is 4.26. The molecule has 14 heavy (non-hydrogen) atoms. The lowest BCUT2D eigenvalue weighted by molar-refractivity contribution is 0.252. The summed E-state index contributed by atoms with van der Waals surface area (Å²) in [7, 11) is -1.34. The van der Waals surface area contributed by atoms with Gasteiger partial charge in [0.2, 0.25) is 0 Å². The van der Waals surface area contributed by atoms with Crippen molar-refractivity contribution in [2.75, 3.05) is 0 Å². The van der Waals surface area contributed by atoms with Gasteiger partial charge in [-0.3, -0.25) is 0 Å². The van der Waals surface area contributed by atoms with E-state index < -0.39 is 7.73 Å². The minimum absolute atomic E-state index is 0.0865. The average Bonchev–Trinajstić information content (AvgIpc) is 2.01. The molecule has 0 heterocycles. The summed E-state index contributed by atoms with van der Waals surface area (Å²) < 4.78 is 10.7. The van der Waals surface area contributed by atoms with Gasteiger partial charge >= 0.3 is 7.73 Å². The highest BCUT2D eigenvalue weighted by molar-refractivity contribution is 7.76. The Hall–Kier alpha value is -0.300. The van der Waals surface area contributed by atoms with E-state index in [0.717, 1.165) is 11.3 Å². The molecule has 0 saturated heterocycles. The molecule has 0 N–H and O–H groups in total. The van der Waals surface area contributed by atoms with Gasteiger partial charge in [-0.2, -0.15) is 0 Å². The summed E-state index contributed by atoms with van der Waals surface area (Å²) in [6.07, 6.45) is 0.0865. The third-order valence-electron chi connectivity index (χ3n) is 1.46. The zero-order valence-electron chi connectivity index (χ0n) is 8.53. The van der Waals surface area contributed by atoms with Crippen molar-refractivity contribution in [2.24, 2.45) is 0 Å². The molecule has 1 rings (SSSR count). The fourth-order valence-corrected chi connectivity index (χ4v) is 2.31. The van der Waals surface area contributed by atoms with Crippen molar-refractivity contribution in [3.63, 3.8) is 0 Å². The Kier molecular flexibility index (Phi) is 4.67. The van der Waals surface area contributed by atoms with Gasteiger partial charge in [-0.25, -0.2) is 0 Å². The van der Waals surface area contributed by atoms with Gasteiger partial charge in [-0.15, -0.1) is 0 Å². The predicted molar refractivity (Wildman–Crippen MR) is 60.8 cm³/mol. The van der Waals surface area contributed by atoms with Gasteiger partial charge in [-0.1, -0.05) is 12.1 Å². The van der Waals surface area contributed by atoms with Crippen LogP contribution < -0.4 is 4.52 Å². The summed E-state index contributed by atoms with van der Waals surface area (Å²) in [5, 5.41) is 0. The standard InChI is InChI=1S/C10H14ClO2P/c1-8(2)12-14(11)13-10-6-4-5-9(3)7-10/h4-8H,1-3H3. The van der Waals surface area contributed by atoms with Crippen molar-refractivity contribution < 1.29 is 9.05 Å². The SMILES string of the molecule is Cc1cccc(OP(Cl)OC(C)C)c1. The zero-order chi connectivity index (χ0) is 10.6. The number of rotatable bonds is 4. The summed E-state index contributed by atoms with van der Waals surface area (Å²) in [6, 6.07) is 7.74. The Bertz CT molecular complexity index is 291. The molecule has 0 aromatic heterocycles. The monoisotopic (exact) mass is 232 g/mol. The van der Waals surface area contributed by atoms with Crippen molar-refractivity contribution in [1.82, 2.24) is 0 Å². The van der Waals surface area contributed by atoms with E-state index in [-0.39, 0.29) is 6.10 Å². The topological polar surface area (TPSA) is 18.5 Å².